The van der Waals surface area contributed by atoms with Crippen LogP contribution in [-0.2, 0) is 14.3 Å². The molecule has 3 aromatic rings. The van der Waals surface area contributed by atoms with Crippen LogP contribution in [0.4, 0.5) is 5.82 Å². The molecule has 0 bridgehead atoms. The maximum Gasteiger partial charge on any atom is 0.383 e. The average Bonchev–Trinajstić information content (AvgIpc) is 3.31. The predicted octanol–water partition coefficient (Wildman–Crippen LogP) is 1.05. The van der Waals surface area contributed by atoms with Crippen LogP contribution in [0.25, 0.3) is 16.3 Å². The van der Waals surface area contributed by atoms with Crippen molar-refractivity contribution in [2.45, 2.75) is 0 Å². The van der Waals surface area contributed by atoms with Gasteiger partial charge in [0.25, 0.3) is 0 Å². The van der Waals surface area contributed by atoms with Gasteiger partial charge in [-0.05, 0) is 10.6 Å². The third kappa shape index (κ3) is 8.20. The molecular weight excluding hydrogens is 396 g/mol. The van der Waals surface area contributed by atoms with Crippen LogP contribution in [0.15, 0.2) is 48.5 Å². The largest absolute Gasteiger partial charge is 0.464 e. The summed E-state index contributed by atoms with van der Waals surface area (Å²) in [6.07, 6.45) is 14.9. The maximum atomic E-state index is 11.1. The van der Waals surface area contributed by atoms with Crippen LogP contribution in [-0.4, -0.2) is 61.1 Å². The highest BCUT2D eigenvalue weighted by Gasteiger charge is 2.11. The number of nitrogens with zero attached hydrogens (tertiary/aromatic N) is 10. The lowest BCUT2D eigenvalue weighted by Gasteiger charge is -1.95. The number of rotatable bonds is 3. The van der Waals surface area contributed by atoms with E-state index in [9.17, 15) is 9.59 Å². The summed E-state index contributed by atoms with van der Waals surface area (Å²) < 4.78 is 9.87. The van der Waals surface area contributed by atoms with E-state index in [1.807, 2.05) is 0 Å². The number of aromatic nitrogens is 7. The fraction of sp³-hybridized carbons (Fsp3) is 0.125. The Balaban J connectivity index is 0.000000256. The minimum atomic E-state index is -0.630. The third-order valence-electron chi connectivity index (χ3n) is 2.67. The summed E-state index contributed by atoms with van der Waals surface area (Å²) in [4.78, 5) is 38.6. The van der Waals surface area contributed by atoms with Gasteiger partial charge in [-0.2, -0.15) is 4.68 Å². The van der Waals surface area contributed by atoms with Crippen LogP contribution in [0.2, 0.25) is 0 Å². The Morgan fingerprint density at radius 3 is 2.30 bits per heavy atom. The van der Waals surface area contributed by atoms with Gasteiger partial charge in [0.2, 0.25) is 0 Å². The molecule has 0 aliphatic carbocycles. The first-order valence-corrected chi connectivity index (χ1v) is 7.68. The molecule has 0 spiro atoms. The number of terminal acetylenes is 1. The highest BCUT2D eigenvalue weighted by atomic mass is 16.5. The molecule has 0 aliphatic rings. The van der Waals surface area contributed by atoms with Crippen molar-refractivity contribution in [1.29, 1.82) is 0 Å². The summed E-state index contributed by atoms with van der Waals surface area (Å²) in [5.74, 6) is 1.36. The zero-order chi connectivity index (χ0) is 22.2. The summed E-state index contributed by atoms with van der Waals surface area (Å²) in [5, 5.41) is 10.6. The lowest BCUT2D eigenvalue weighted by molar-refractivity contribution is -0.133. The van der Waals surface area contributed by atoms with E-state index in [1.54, 1.807) is 12.1 Å². The van der Waals surface area contributed by atoms with E-state index in [2.05, 4.69) is 56.2 Å². The number of carbonyl (C=O) groups excluding carboxylic acids is 2. The van der Waals surface area contributed by atoms with E-state index in [-0.39, 0.29) is 5.69 Å². The van der Waals surface area contributed by atoms with Gasteiger partial charge < -0.3 is 9.47 Å². The predicted molar refractivity (Wildman–Crippen MR) is 100.0 cm³/mol. The lowest BCUT2D eigenvalue weighted by Crippen LogP contribution is -2.01. The second kappa shape index (κ2) is 13.3. The van der Waals surface area contributed by atoms with E-state index in [0.717, 1.165) is 0 Å². The van der Waals surface area contributed by atoms with Crippen molar-refractivity contribution in [3.8, 4) is 18.2 Å². The minimum absolute atomic E-state index is 0.128. The van der Waals surface area contributed by atoms with Crippen molar-refractivity contribution in [3.63, 3.8) is 0 Å². The van der Waals surface area contributed by atoms with Crippen LogP contribution < -0.4 is 0 Å². The number of ether oxygens (including phenoxy) is 2. The van der Waals surface area contributed by atoms with Crippen molar-refractivity contribution >= 4 is 17.8 Å². The molecule has 0 saturated heterocycles. The number of hydrogen-bond donors (Lipinski definition) is 0. The molecule has 0 aliphatic heterocycles. The molecular formula is C16H14N10O4. The van der Waals surface area contributed by atoms with Crippen LogP contribution in [0.5, 0.6) is 0 Å². The SMILES string of the molecule is C#CC(=O)OC.COC(=O)c1cn(-c2cnccn2)nn1.[N-]=[N+]=Nc1cnccn1. The molecule has 0 saturated carbocycles. The molecule has 0 fully saturated rings. The van der Waals surface area contributed by atoms with E-state index < -0.39 is 11.9 Å². The Kier molecular flexibility index (Phi) is 10.3. The van der Waals surface area contributed by atoms with Crippen LogP contribution >= 0.6 is 0 Å². The van der Waals surface area contributed by atoms with E-state index >= 15 is 0 Å². The van der Waals surface area contributed by atoms with Crippen LogP contribution in [0, 0.1) is 12.3 Å². The second-order valence-corrected chi connectivity index (χ2v) is 4.49. The van der Waals surface area contributed by atoms with Crippen molar-refractivity contribution in [3.05, 3.63) is 59.5 Å². The van der Waals surface area contributed by atoms with Gasteiger partial charge in [0.15, 0.2) is 11.5 Å². The normalized spacial score (nSPS) is 8.57. The summed E-state index contributed by atoms with van der Waals surface area (Å²) in [5.41, 5.74) is 8.04. The maximum absolute atomic E-state index is 11.1. The molecule has 0 atom stereocenters. The van der Waals surface area contributed by atoms with Crippen molar-refractivity contribution in [2.75, 3.05) is 14.2 Å². The third-order valence-corrected chi connectivity index (χ3v) is 2.67. The van der Waals surface area contributed by atoms with E-state index in [4.69, 9.17) is 5.53 Å². The topological polar surface area (TPSA) is 184 Å². The molecule has 14 nitrogen and oxygen atoms in total. The number of esters is 2. The van der Waals surface area contributed by atoms with Gasteiger partial charge >= 0.3 is 11.9 Å². The molecule has 3 rings (SSSR count). The monoisotopic (exact) mass is 410 g/mol. The van der Waals surface area contributed by atoms with Gasteiger partial charge in [-0.25, -0.2) is 14.6 Å². The van der Waals surface area contributed by atoms with E-state index in [0.29, 0.717) is 11.6 Å². The van der Waals surface area contributed by atoms with Gasteiger partial charge in [-0.1, -0.05) is 5.21 Å². The molecule has 14 heteroatoms. The number of hydrogen-bond acceptors (Lipinski definition) is 11. The molecule has 3 heterocycles. The van der Waals surface area contributed by atoms with Gasteiger partial charge in [0, 0.05) is 35.6 Å². The smallest absolute Gasteiger partial charge is 0.383 e. The Hall–Kier alpha value is -4.89. The zero-order valence-corrected chi connectivity index (χ0v) is 15.7. The summed E-state index contributed by atoms with van der Waals surface area (Å²) >= 11 is 0. The Morgan fingerprint density at radius 2 is 1.83 bits per heavy atom. The minimum Gasteiger partial charge on any atom is -0.464 e. The zero-order valence-electron chi connectivity index (χ0n) is 15.7. The highest BCUT2D eigenvalue weighted by Crippen LogP contribution is 2.02. The highest BCUT2D eigenvalue weighted by molar-refractivity contribution is 5.87. The van der Waals surface area contributed by atoms with Crippen molar-refractivity contribution in [2.24, 2.45) is 5.11 Å². The quantitative estimate of drug-likeness (QED) is 0.151. The molecule has 3 aromatic heterocycles. The first kappa shape index (κ1) is 23.1. The number of methoxy groups -OCH3 is 2. The van der Waals surface area contributed by atoms with Crippen LogP contribution in [0.1, 0.15) is 10.5 Å². The first-order chi connectivity index (χ1) is 14.5. The van der Waals surface area contributed by atoms with Gasteiger partial charge in [-0.3, -0.25) is 15.0 Å². The molecule has 0 unspecified atom stereocenters. The summed E-state index contributed by atoms with van der Waals surface area (Å²) in [6.45, 7) is 0. The molecule has 0 amide bonds. The summed E-state index contributed by atoms with van der Waals surface area (Å²) in [6, 6.07) is 0. The Bertz CT molecular complexity index is 1030. The summed E-state index contributed by atoms with van der Waals surface area (Å²) in [7, 11) is 2.52. The number of carbonyl (C=O) groups is 2. The second-order valence-electron chi connectivity index (χ2n) is 4.49. The molecule has 0 aromatic carbocycles. The van der Waals surface area contributed by atoms with Crippen molar-refractivity contribution < 1.29 is 19.1 Å². The Labute approximate surface area is 169 Å². The number of azide groups is 1. The fourth-order valence-electron chi connectivity index (χ4n) is 1.43. The standard InChI is InChI=1S/C8H7N5O2.C4H3N5.C4H4O2/c1-15-8(14)6-5-13(12-11-6)7-4-9-2-3-10-7;5-9-8-4-3-6-1-2-7-4;1-3-4(5)6-2/h2-5H,1H3;1-3H;1H,2H3. The van der Waals surface area contributed by atoms with Crippen molar-refractivity contribution in [1.82, 2.24) is 34.9 Å². The molecule has 152 valence electrons. The molecule has 0 N–H and O–H groups in total. The molecule has 0 radical (unpaired) electrons. The van der Waals surface area contributed by atoms with Gasteiger partial charge in [0.1, 0.15) is 5.82 Å². The molecule has 30 heavy (non-hydrogen) atoms. The Morgan fingerprint density at radius 1 is 1.13 bits per heavy atom. The van der Waals surface area contributed by atoms with Gasteiger partial charge in [-0.15, -0.1) is 11.5 Å². The average molecular weight is 410 g/mol. The first-order valence-electron chi connectivity index (χ1n) is 7.68. The van der Waals surface area contributed by atoms with Crippen LogP contribution in [0.3, 0.4) is 0 Å². The fourth-order valence-corrected chi connectivity index (χ4v) is 1.43. The van der Waals surface area contributed by atoms with Gasteiger partial charge in [0.05, 0.1) is 32.8 Å². The lowest BCUT2D eigenvalue weighted by atomic mass is 10.5. The van der Waals surface area contributed by atoms with E-state index in [1.165, 1.54) is 56.1 Å².